The molecule has 1 aliphatic carbocycles. The topological polar surface area (TPSA) is 28.2 Å². The van der Waals surface area contributed by atoms with Crippen LogP contribution >= 0.6 is 11.3 Å². The molecule has 1 aromatic rings. The van der Waals surface area contributed by atoms with Crippen LogP contribution < -0.4 is 10.2 Å². The molecule has 1 aromatic heterocycles. The molecule has 0 aliphatic heterocycles. The van der Waals surface area contributed by atoms with E-state index in [9.17, 15) is 0 Å². The average Bonchev–Trinajstić information content (AvgIpc) is 3.03. The lowest BCUT2D eigenvalue weighted by atomic mass is 10.3. The molecule has 1 N–H and O–H groups in total. The second kappa shape index (κ2) is 6.36. The fourth-order valence-corrected chi connectivity index (χ4v) is 2.79. The zero-order valence-corrected chi connectivity index (χ0v) is 11.7. The van der Waals surface area contributed by atoms with Crippen molar-refractivity contribution in [3.8, 4) is 0 Å². The van der Waals surface area contributed by atoms with E-state index in [4.69, 9.17) is 4.98 Å². The lowest BCUT2D eigenvalue weighted by Crippen LogP contribution is -2.26. The van der Waals surface area contributed by atoms with Crippen molar-refractivity contribution in [3.63, 3.8) is 0 Å². The zero-order chi connectivity index (χ0) is 12.1. The number of rotatable bonds is 8. The highest BCUT2D eigenvalue weighted by atomic mass is 32.1. The number of anilines is 1. The Labute approximate surface area is 108 Å². The molecule has 1 fully saturated rings. The van der Waals surface area contributed by atoms with Crippen LogP contribution in [0, 0.1) is 5.92 Å². The first-order valence-corrected chi connectivity index (χ1v) is 7.61. The summed E-state index contributed by atoms with van der Waals surface area (Å²) in [6.07, 6.45) is 4.03. The van der Waals surface area contributed by atoms with Crippen molar-refractivity contribution in [1.82, 2.24) is 10.3 Å². The van der Waals surface area contributed by atoms with Gasteiger partial charge in [-0.3, -0.25) is 0 Å². The molecule has 4 heteroatoms. The Kier molecular flexibility index (Phi) is 4.80. The highest BCUT2D eigenvalue weighted by molar-refractivity contribution is 7.13. The third-order valence-electron chi connectivity index (χ3n) is 3.04. The Morgan fingerprint density at radius 3 is 2.94 bits per heavy atom. The van der Waals surface area contributed by atoms with Crippen molar-refractivity contribution in [3.05, 3.63) is 11.1 Å². The lowest BCUT2D eigenvalue weighted by molar-refractivity contribution is 0.693. The monoisotopic (exact) mass is 253 g/mol. The molecule has 17 heavy (non-hydrogen) atoms. The minimum atomic E-state index is 0.899. The van der Waals surface area contributed by atoms with Gasteiger partial charge in [0, 0.05) is 25.0 Å². The maximum Gasteiger partial charge on any atom is 0.185 e. The molecule has 0 saturated heterocycles. The second-order valence-electron chi connectivity index (χ2n) is 4.79. The number of thiazole rings is 1. The Balaban J connectivity index is 1.93. The van der Waals surface area contributed by atoms with Crippen LogP contribution in [0.1, 0.15) is 38.8 Å². The van der Waals surface area contributed by atoms with Crippen LogP contribution in [0.3, 0.4) is 0 Å². The summed E-state index contributed by atoms with van der Waals surface area (Å²) in [5, 5.41) is 6.73. The lowest BCUT2D eigenvalue weighted by Gasteiger charge is -2.20. The predicted molar refractivity (Wildman–Crippen MR) is 74.7 cm³/mol. The molecule has 1 heterocycles. The molecular weight excluding hydrogens is 230 g/mol. The number of nitrogens with zero attached hydrogens (tertiary/aromatic N) is 2. The van der Waals surface area contributed by atoms with Gasteiger partial charge in [-0.15, -0.1) is 11.3 Å². The molecule has 0 aromatic carbocycles. The largest absolute Gasteiger partial charge is 0.348 e. The van der Waals surface area contributed by atoms with Crippen LogP contribution in [-0.4, -0.2) is 24.6 Å². The van der Waals surface area contributed by atoms with E-state index in [1.54, 1.807) is 11.3 Å². The van der Waals surface area contributed by atoms with E-state index in [1.807, 2.05) is 0 Å². The van der Waals surface area contributed by atoms with Gasteiger partial charge < -0.3 is 10.2 Å². The van der Waals surface area contributed by atoms with Gasteiger partial charge >= 0.3 is 0 Å². The predicted octanol–water partition coefficient (Wildman–Crippen LogP) is 2.88. The van der Waals surface area contributed by atoms with Crippen LogP contribution in [0.2, 0.25) is 0 Å². The summed E-state index contributed by atoms with van der Waals surface area (Å²) >= 11 is 1.79. The van der Waals surface area contributed by atoms with Gasteiger partial charge in [0.1, 0.15) is 0 Å². The number of nitrogens with one attached hydrogen (secondary N) is 1. The van der Waals surface area contributed by atoms with Gasteiger partial charge in [-0.05, 0) is 31.7 Å². The summed E-state index contributed by atoms with van der Waals surface area (Å²) in [5.74, 6) is 0.933. The second-order valence-corrected chi connectivity index (χ2v) is 5.63. The van der Waals surface area contributed by atoms with E-state index >= 15 is 0 Å². The molecule has 0 spiro atoms. The summed E-state index contributed by atoms with van der Waals surface area (Å²) in [7, 11) is 0. The molecule has 0 amide bonds. The van der Waals surface area contributed by atoms with Crippen molar-refractivity contribution in [1.29, 1.82) is 0 Å². The van der Waals surface area contributed by atoms with Crippen LogP contribution in [0.25, 0.3) is 0 Å². The van der Waals surface area contributed by atoms with Gasteiger partial charge in [-0.1, -0.05) is 13.8 Å². The average molecular weight is 253 g/mol. The molecule has 1 saturated carbocycles. The first-order chi connectivity index (χ1) is 8.33. The van der Waals surface area contributed by atoms with Crippen LogP contribution in [-0.2, 0) is 6.54 Å². The third kappa shape index (κ3) is 3.96. The van der Waals surface area contributed by atoms with Gasteiger partial charge in [0.05, 0.1) is 5.69 Å². The minimum Gasteiger partial charge on any atom is -0.348 e. The standard InChI is InChI=1S/C13H23N3S/c1-3-7-16(9-11-5-6-11)13-15-12(10-17-13)8-14-4-2/h10-11,14H,3-9H2,1-2H3. The van der Waals surface area contributed by atoms with Gasteiger partial charge in [-0.25, -0.2) is 4.98 Å². The summed E-state index contributed by atoms with van der Waals surface area (Å²) in [5.41, 5.74) is 1.18. The third-order valence-corrected chi connectivity index (χ3v) is 3.99. The molecule has 0 bridgehead atoms. The number of hydrogen-bond donors (Lipinski definition) is 1. The van der Waals surface area contributed by atoms with Gasteiger partial charge in [-0.2, -0.15) is 0 Å². The Bertz CT molecular complexity index is 333. The van der Waals surface area contributed by atoms with E-state index in [2.05, 4.69) is 29.4 Å². The molecule has 2 rings (SSSR count). The first kappa shape index (κ1) is 12.8. The summed E-state index contributed by atoms with van der Waals surface area (Å²) in [6.45, 7) is 8.63. The van der Waals surface area contributed by atoms with Crippen molar-refractivity contribution in [2.45, 2.75) is 39.7 Å². The SMILES string of the molecule is CCCN(CC1CC1)c1nc(CNCC)cs1. The van der Waals surface area contributed by atoms with Crippen LogP contribution in [0.5, 0.6) is 0 Å². The van der Waals surface area contributed by atoms with Crippen LogP contribution in [0.4, 0.5) is 5.13 Å². The molecular formula is C13H23N3S. The van der Waals surface area contributed by atoms with Crippen molar-refractivity contribution in [2.24, 2.45) is 5.92 Å². The molecule has 0 unspecified atom stereocenters. The van der Waals surface area contributed by atoms with Crippen molar-refractivity contribution in [2.75, 3.05) is 24.5 Å². The van der Waals surface area contributed by atoms with E-state index in [0.717, 1.165) is 25.6 Å². The zero-order valence-electron chi connectivity index (χ0n) is 10.9. The Morgan fingerprint density at radius 2 is 2.29 bits per heavy atom. The summed E-state index contributed by atoms with van der Waals surface area (Å²) < 4.78 is 0. The van der Waals surface area contributed by atoms with Gasteiger partial charge in [0.2, 0.25) is 0 Å². The molecule has 0 atom stereocenters. The summed E-state index contributed by atoms with van der Waals surface area (Å²) in [4.78, 5) is 7.20. The van der Waals surface area contributed by atoms with Gasteiger partial charge in [0.25, 0.3) is 0 Å². The number of aromatic nitrogens is 1. The highest BCUT2D eigenvalue weighted by Crippen LogP contribution is 2.32. The fourth-order valence-electron chi connectivity index (χ4n) is 1.92. The maximum atomic E-state index is 4.73. The first-order valence-electron chi connectivity index (χ1n) is 6.73. The Hall–Kier alpha value is -0.610. The summed E-state index contributed by atoms with van der Waals surface area (Å²) in [6, 6.07) is 0. The molecule has 0 radical (unpaired) electrons. The smallest absolute Gasteiger partial charge is 0.185 e. The molecule has 1 aliphatic rings. The highest BCUT2D eigenvalue weighted by Gasteiger charge is 2.25. The minimum absolute atomic E-state index is 0.899. The number of hydrogen-bond acceptors (Lipinski definition) is 4. The van der Waals surface area contributed by atoms with Crippen molar-refractivity contribution < 1.29 is 0 Å². The normalized spacial score (nSPS) is 15.2. The van der Waals surface area contributed by atoms with E-state index in [1.165, 1.54) is 36.6 Å². The fraction of sp³-hybridized carbons (Fsp3) is 0.769. The maximum absolute atomic E-state index is 4.73. The van der Waals surface area contributed by atoms with E-state index < -0.39 is 0 Å². The quantitative estimate of drug-likeness (QED) is 0.772. The molecule has 96 valence electrons. The van der Waals surface area contributed by atoms with Crippen molar-refractivity contribution >= 4 is 16.5 Å². The molecule has 3 nitrogen and oxygen atoms in total. The van der Waals surface area contributed by atoms with E-state index in [-0.39, 0.29) is 0 Å². The van der Waals surface area contributed by atoms with Gasteiger partial charge in [0.15, 0.2) is 5.13 Å². The van der Waals surface area contributed by atoms with E-state index in [0.29, 0.717) is 0 Å². The Morgan fingerprint density at radius 1 is 1.47 bits per heavy atom. The van der Waals surface area contributed by atoms with Crippen LogP contribution in [0.15, 0.2) is 5.38 Å².